The lowest BCUT2D eigenvalue weighted by Gasteiger charge is -2.67. The molecule has 4 nitrogen and oxygen atoms in total. The number of ether oxygens (including phenoxy) is 1. The van der Waals surface area contributed by atoms with Gasteiger partial charge in [0.05, 0.1) is 11.7 Å². The third-order valence-corrected chi connectivity index (χ3v) is 10.3. The van der Waals surface area contributed by atoms with E-state index in [-0.39, 0.29) is 40.3 Å². The minimum Gasteiger partial charge on any atom is -0.458 e. The van der Waals surface area contributed by atoms with Gasteiger partial charge in [-0.25, -0.2) is 4.79 Å². The van der Waals surface area contributed by atoms with Crippen molar-refractivity contribution in [1.29, 1.82) is 0 Å². The van der Waals surface area contributed by atoms with Crippen molar-refractivity contribution in [3.05, 3.63) is 35.9 Å². The monoisotopic (exact) mass is 424 g/mol. The van der Waals surface area contributed by atoms with Crippen LogP contribution < -0.4 is 0 Å². The Morgan fingerprint density at radius 1 is 1.06 bits per heavy atom. The van der Waals surface area contributed by atoms with Crippen LogP contribution in [0.4, 0.5) is 0 Å². The average molecular weight is 425 g/mol. The SMILES string of the molecule is CC1(C=O)CCCC2(C)C1C(OC(=O)c1ccccc1)CC1CC(O)C3(C)CCC12C3. The summed E-state index contributed by atoms with van der Waals surface area (Å²) in [6.45, 7) is 6.73. The smallest absolute Gasteiger partial charge is 0.338 e. The first-order chi connectivity index (χ1) is 14.7. The maximum absolute atomic E-state index is 13.1. The number of rotatable bonds is 3. The number of aliphatic hydroxyl groups excluding tert-OH is 1. The van der Waals surface area contributed by atoms with Crippen LogP contribution in [-0.4, -0.2) is 29.6 Å². The van der Waals surface area contributed by atoms with E-state index in [0.29, 0.717) is 11.5 Å². The van der Waals surface area contributed by atoms with Gasteiger partial charge in [-0.1, -0.05) is 45.4 Å². The van der Waals surface area contributed by atoms with Gasteiger partial charge >= 0.3 is 5.97 Å². The van der Waals surface area contributed by atoms with E-state index >= 15 is 0 Å². The molecule has 4 aliphatic carbocycles. The highest BCUT2D eigenvalue weighted by Gasteiger charge is 2.72. The van der Waals surface area contributed by atoms with Crippen LogP contribution >= 0.6 is 0 Å². The molecule has 8 atom stereocenters. The van der Waals surface area contributed by atoms with E-state index in [9.17, 15) is 14.7 Å². The fraction of sp³-hybridized carbons (Fsp3) is 0.704. The van der Waals surface area contributed by atoms with Gasteiger partial charge in [-0.05, 0) is 79.2 Å². The lowest BCUT2D eigenvalue weighted by Crippen LogP contribution is -2.65. The minimum atomic E-state index is -0.483. The molecule has 5 rings (SSSR count). The number of hydrogen-bond donors (Lipinski definition) is 1. The predicted molar refractivity (Wildman–Crippen MR) is 118 cm³/mol. The lowest BCUT2D eigenvalue weighted by molar-refractivity contribution is -0.225. The molecule has 0 heterocycles. The van der Waals surface area contributed by atoms with Gasteiger partial charge < -0.3 is 14.6 Å². The molecule has 0 amide bonds. The Bertz CT molecular complexity index is 882. The van der Waals surface area contributed by atoms with Gasteiger partial charge in [0.2, 0.25) is 0 Å². The highest BCUT2D eigenvalue weighted by atomic mass is 16.5. The zero-order valence-electron chi connectivity index (χ0n) is 19.1. The Morgan fingerprint density at radius 2 is 1.81 bits per heavy atom. The van der Waals surface area contributed by atoms with Gasteiger partial charge in [0.25, 0.3) is 0 Å². The van der Waals surface area contributed by atoms with Crippen molar-refractivity contribution in [2.45, 2.75) is 84.3 Å². The second-order valence-corrected chi connectivity index (χ2v) is 11.9. The first kappa shape index (κ1) is 21.2. The van der Waals surface area contributed by atoms with Gasteiger partial charge in [0.15, 0.2) is 0 Å². The van der Waals surface area contributed by atoms with Crippen molar-refractivity contribution in [1.82, 2.24) is 0 Å². The Morgan fingerprint density at radius 3 is 2.52 bits per heavy atom. The van der Waals surface area contributed by atoms with E-state index in [2.05, 4.69) is 20.8 Å². The van der Waals surface area contributed by atoms with Crippen LogP contribution in [0.15, 0.2) is 30.3 Å². The molecule has 4 aliphatic rings. The van der Waals surface area contributed by atoms with Crippen LogP contribution in [-0.2, 0) is 9.53 Å². The van der Waals surface area contributed by atoms with Gasteiger partial charge in [-0.2, -0.15) is 0 Å². The van der Waals surface area contributed by atoms with E-state index in [4.69, 9.17) is 4.74 Å². The van der Waals surface area contributed by atoms with E-state index < -0.39 is 5.41 Å². The summed E-state index contributed by atoms with van der Waals surface area (Å²) in [4.78, 5) is 25.5. The molecule has 1 spiro atoms. The third kappa shape index (κ3) is 2.83. The predicted octanol–water partition coefficient (Wildman–Crippen LogP) is 5.18. The summed E-state index contributed by atoms with van der Waals surface area (Å²) in [5, 5.41) is 11.0. The normalized spacial score (nSPS) is 48.4. The molecule has 0 aliphatic heterocycles. The second-order valence-electron chi connectivity index (χ2n) is 11.9. The summed E-state index contributed by atoms with van der Waals surface area (Å²) in [6.07, 6.45) is 8.29. The summed E-state index contributed by atoms with van der Waals surface area (Å²) in [6, 6.07) is 9.17. The number of carbonyl (C=O) groups excluding carboxylic acids is 2. The molecule has 31 heavy (non-hydrogen) atoms. The first-order valence-electron chi connectivity index (χ1n) is 12.1. The molecule has 0 radical (unpaired) electrons. The van der Waals surface area contributed by atoms with Crippen molar-refractivity contribution in [3.8, 4) is 0 Å². The number of aliphatic hydroxyl groups is 1. The number of hydrogen-bond acceptors (Lipinski definition) is 4. The third-order valence-electron chi connectivity index (χ3n) is 10.3. The Hall–Kier alpha value is -1.68. The van der Waals surface area contributed by atoms with Gasteiger partial charge in [0, 0.05) is 11.3 Å². The molecule has 1 aromatic carbocycles. The largest absolute Gasteiger partial charge is 0.458 e. The summed E-state index contributed by atoms with van der Waals surface area (Å²) in [7, 11) is 0. The average Bonchev–Trinajstić information content (AvgIpc) is 3.08. The fourth-order valence-electron chi connectivity index (χ4n) is 8.81. The Labute approximate surface area is 185 Å². The first-order valence-corrected chi connectivity index (χ1v) is 12.1. The topological polar surface area (TPSA) is 63.6 Å². The number of fused-ring (bicyclic) bond motifs is 2. The molecule has 4 heteroatoms. The second kappa shape index (κ2) is 6.91. The van der Waals surface area contributed by atoms with Crippen molar-refractivity contribution in [2.24, 2.45) is 33.5 Å². The maximum Gasteiger partial charge on any atom is 0.338 e. The highest BCUT2D eigenvalue weighted by Crippen LogP contribution is 2.76. The van der Waals surface area contributed by atoms with Crippen LogP contribution in [0.1, 0.15) is 82.5 Å². The van der Waals surface area contributed by atoms with Crippen molar-refractivity contribution in [3.63, 3.8) is 0 Å². The van der Waals surface area contributed by atoms with E-state index in [1.807, 2.05) is 18.2 Å². The minimum absolute atomic E-state index is 0.0211. The van der Waals surface area contributed by atoms with Crippen molar-refractivity contribution in [2.75, 3.05) is 0 Å². The van der Waals surface area contributed by atoms with Crippen LogP contribution in [0, 0.1) is 33.5 Å². The quantitative estimate of drug-likeness (QED) is 0.536. The molecule has 2 bridgehead atoms. The molecular weight excluding hydrogens is 388 g/mol. The highest BCUT2D eigenvalue weighted by molar-refractivity contribution is 5.89. The molecule has 168 valence electrons. The molecule has 1 aromatic rings. The Kier molecular flexibility index (Phi) is 4.72. The molecule has 0 saturated heterocycles. The van der Waals surface area contributed by atoms with Gasteiger partial charge in [0.1, 0.15) is 12.4 Å². The molecule has 8 unspecified atom stereocenters. The summed E-state index contributed by atoms with van der Waals surface area (Å²) in [5.41, 5.74) is 0.121. The summed E-state index contributed by atoms with van der Waals surface area (Å²) >= 11 is 0. The lowest BCUT2D eigenvalue weighted by atomic mass is 9.37. The van der Waals surface area contributed by atoms with E-state index in [0.717, 1.165) is 57.7 Å². The number of carbonyl (C=O) groups is 2. The molecular formula is C27H36O4. The van der Waals surface area contributed by atoms with Crippen molar-refractivity contribution >= 4 is 12.3 Å². The van der Waals surface area contributed by atoms with Gasteiger partial charge in [-0.3, -0.25) is 0 Å². The van der Waals surface area contributed by atoms with Crippen LogP contribution in [0.2, 0.25) is 0 Å². The Balaban J connectivity index is 1.57. The number of aldehydes is 1. The zero-order chi connectivity index (χ0) is 22.1. The summed E-state index contributed by atoms with van der Waals surface area (Å²) in [5.74, 6) is 0.0602. The fourth-order valence-corrected chi connectivity index (χ4v) is 8.81. The van der Waals surface area contributed by atoms with E-state index in [1.165, 1.54) is 0 Å². The standard InChI is InChI=1S/C27H36O4/c1-24-12-13-27(16-24)19(15-21(24)29)14-20(31-23(30)18-8-5-4-6-9-18)22-25(2,17-28)10-7-11-26(22,27)3/h4-6,8-9,17,19-22,29H,7,10-16H2,1-3H3. The molecule has 4 saturated carbocycles. The number of esters is 1. The summed E-state index contributed by atoms with van der Waals surface area (Å²) < 4.78 is 6.24. The maximum atomic E-state index is 13.1. The number of benzene rings is 1. The molecule has 4 fully saturated rings. The van der Waals surface area contributed by atoms with Crippen LogP contribution in [0.25, 0.3) is 0 Å². The van der Waals surface area contributed by atoms with Crippen molar-refractivity contribution < 1.29 is 19.4 Å². The van der Waals surface area contributed by atoms with Gasteiger partial charge in [-0.15, -0.1) is 0 Å². The van der Waals surface area contributed by atoms with Crippen LogP contribution in [0.5, 0.6) is 0 Å². The molecule has 1 N–H and O–H groups in total. The zero-order valence-corrected chi connectivity index (χ0v) is 19.1. The van der Waals surface area contributed by atoms with E-state index in [1.54, 1.807) is 12.1 Å². The molecule has 0 aromatic heterocycles. The van der Waals surface area contributed by atoms with Crippen LogP contribution in [0.3, 0.4) is 0 Å².